The van der Waals surface area contributed by atoms with Crippen molar-refractivity contribution in [3.05, 3.63) is 35.7 Å². The van der Waals surface area contributed by atoms with Gasteiger partial charge >= 0.3 is 0 Å². The summed E-state index contributed by atoms with van der Waals surface area (Å²) in [7, 11) is 1.44. The van der Waals surface area contributed by atoms with E-state index < -0.39 is 11.6 Å². The van der Waals surface area contributed by atoms with Gasteiger partial charge in [0.15, 0.2) is 17.8 Å². The van der Waals surface area contributed by atoms with Crippen LogP contribution in [0.1, 0.15) is 5.69 Å². The first-order valence-corrected chi connectivity index (χ1v) is 8.54. The first kappa shape index (κ1) is 18.8. The molecule has 1 aromatic heterocycles. The van der Waals surface area contributed by atoms with E-state index in [9.17, 15) is 8.78 Å². The minimum atomic E-state index is -0.689. The van der Waals surface area contributed by atoms with Crippen molar-refractivity contribution in [3.63, 3.8) is 0 Å². The van der Waals surface area contributed by atoms with Gasteiger partial charge in [-0.3, -0.25) is 0 Å². The number of nitrogens with zero attached hydrogens (tertiary/aromatic N) is 6. The first-order valence-electron chi connectivity index (χ1n) is 8.14. The maximum Gasteiger partial charge on any atom is 0.256 e. The van der Waals surface area contributed by atoms with Crippen LogP contribution < -0.4 is 10.2 Å². The summed E-state index contributed by atoms with van der Waals surface area (Å²) in [5.41, 5.74) is 0.660. The van der Waals surface area contributed by atoms with Crippen LogP contribution in [0.5, 0.6) is 0 Å². The molecule has 1 aliphatic heterocycles. The van der Waals surface area contributed by atoms with Gasteiger partial charge in [-0.25, -0.2) is 13.5 Å². The van der Waals surface area contributed by atoms with Gasteiger partial charge < -0.3 is 19.9 Å². The molecular weight excluding hydrogens is 376 g/mol. The van der Waals surface area contributed by atoms with Gasteiger partial charge in [-0.15, -0.1) is 5.10 Å². The molecule has 0 atom stereocenters. The standard InChI is InChI=1S/C16H17F2N7OS/c1-26-16(27)20-8-11-9-25(22-21-11)12-6-13(17)15(14(18)7-12)24-4-2-23(10-19)3-5-24/h6-7,9H,2-5,8H2,1H3,(H,20,27). The third-order valence-corrected chi connectivity index (χ3v) is 4.45. The summed E-state index contributed by atoms with van der Waals surface area (Å²) in [6.07, 6.45) is 3.59. The van der Waals surface area contributed by atoms with Gasteiger partial charge in [0.1, 0.15) is 11.4 Å². The fraction of sp³-hybridized carbons (Fsp3) is 0.375. The summed E-state index contributed by atoms with van der Waals surface area (Å²) < 4.78 is 35.3. The van der Waals surface area contributed by atoms with Gasteiger partial charge in [-0.1, -0.05) is 5.21 Å². The maximum atomic E-state index is 14.6. The molecule has 1 aromatic carbocycles. The van der Waals surface area contributed by atoms with E-state index in [2.05, 4.69) is 15.6 Å². The van der Waals surface area contributed by atoms with Crippen molar-refractivity contribution in [1.82, 2.24) is 25.2 Å². The van der Waals surface area contributed by atoms with Crippen LogP contribution in [0.2, 0.25) is 0 Å². The highest BCUT2D eigenvalue weighted by Crippen LogP contribution is 2.27. The van der Waals surface area contributed by atoms with Gasteiger partial charge in [-0.2, -0.15) is 5.26 Å². The molecule has 0 unspecified atom stereocenters. The summed E-state index contributed by atoms with van der Waals surface area (Å²) in [6.45, 7) is 1.89. The lowest BCUT2D eigenvalue weighted by atomic mass is 10.2. The Morgan fingerprint density at radius 3 is 2.56 bits per heavy atom. The molecule has 0 radical (unpaired) electrons. The van der Waals surface area contributed by atoms with Crippen LogP contribution in [0.15, 0.2) is 18.3 Å². The van der Waals surface area contributed by atoms with E-state index in [1.54, 1.807) is 16.0 Å². The molecule has 0 saturated carbocycles. The summed E-state index contributed by atoms with van der Waals surface area (Å²) in [5.74, 6) is -1.38. The van der Waals surface area contributed by atoms with Crippen molar-refractivity contribution >= 4 is 23.1 Å². The van der Waals surface area contributed by atoms with Crippen molar-refractivity contribution in [2.75, 3.05) is 38.2 Å². The largest absolute Gasteiger partial charge is 0.474 e. The normalized spacial score (nSPS) is 14.0. The van der Waals surface area contributed by atoms with Crippen molar-refractivity contribution < 1.29 is 13.5 Å². The molecule has 0 aliphatic carbocycles. The molecule has 1 aliphatic rings. The number of hydrogen-bond donors (Lipinski definition) is 1. The van der Waals surface area contributed by atoms with Crippen LogP contribution in [0.25, 0.3) is 5.69 Å². The van der Waals surface area contributed by atoms with Crippen molar-refractivity contribution in [2.24, 2.45) is 0 Å². The Balaban J connectivity index is 1.76. The lowest BCUT2D eigenvalue weighted by molar-refractivity contribution is 0.359. The lowest BCUT2D eigenvalue weighted by Gasteiger charge is -2.33. The summed E-state index contributed by atoms with van der Waals surface area (Å²) in [4.78, 5) is 3.16. The smallest absolute Gasteiger partial charge is 0.256 e. The van der Waals surface area contributed by atoms with E-state index in [4.69, 9.17) is 22.2 Å². The Bertz CT molecular complexity index is 851. The van der Waals surface area contributed by atoms with Crippen LogP contribution in [0.4, 0.5) is 14.5 Å². The van der Waals surface area contributed by atoms with Gasteiger partial charge in [0.2, 0.25) is 0 Å². The molecule has 2 heterocycles. The molecule has 1 fully saturated rings. The minimum Gasteiger partial charge on any atom is -0.474 e. The molecule has 11 heteroatoms. The number of rotatable bonds is 4. The third-order valence-electron chi connectivity index (χ3n) is 4.14. The second kappa shape index (κ2) is 8.13. The number of anilines is 1. The van der Waals surface area contributed by atoms with E-state index in [0.29, 0.717) is 31.9 Å². The number of benzene rings is 1. The van der Waals surface area contributed by atoms with Gasteiger partial charge in [0, 0.05) is 38.3 Å². The predicted octanol–water partition coefficient (Wildman–Crippen LogP) is 1.17. The predicted molar refractivity (Wildman–Crippen MR) is 97.1 cm³/mol. The summed E-state index contributed by atoms with van der Waals surface area (Å²) in [6, 6.07) is 2.42. The van der Waals surface area contributed by atoms with Crippen molar-refractivity contribution in [2.45, 2.75) is 6.54 Å². The van der Waals surface area contributed by atoms with Gasteiger partial charge in [0.25, 0.3) is 5.17 Å². The third kappa shape index (κ3) is 4.22. The Morgan fingerprint density at radius 1 is 1.30 bits per heavy atom. The number of thiocarbonyl (C=S) groups is 1. The number of nitrogens with one attached hydrogen (secondary N) is 1. The monoisotopic (exact) mass is 393 g/mol. The molecule has 0 amide bonds. The van der Waals surface area contributed by atoms with Crippen LogP contribution >= 0.6 is 12.2 Å². The Labute approximate surface area is 159 Å². The molecule has 0 bridgehead atoms. The highest BCUT2D eigenvalue weighted by atomic mass is 32.1. The highest BCUT2D eigenvalue weighted by molar-refractivity contribution is 7.80. The molecule has 1 saturated heterocycles. The van der Waals surface area contributed by atoms with Crippen LogP contribution in [-0.4, -0.2) is 58.4 Å². The quantitative estimate of drug-likeness (QED) is 0.612. The Kier molecular flexibility index (Phi) is 5.66. The van der Waals surface area contributed by atoms with Gasteiger partial charge in [-0.05, 0) is 12.2 Å². The zero-order valence-electron chi connectivity index (χ0n) is 14.5. The second-order valence-electron chi connectivity index (χ2n) is 5.83. The summed E-state index contributed by atoms with van der Waals surface area (Å²) in [5, 5.41) is 19.7. The molecule has 3 rings (SSSR count). The van der Waals surface area contributed by atoms with E-state index >= 15 is 0 Å². The van der Waals surface area contributed by atoms with Crippen LogP contribution in [0, 0.1) is 23.1 Å². The van der Waals surface area contributed by atoms with Crippen LogP contribution in [0.3, 0.4) is 0 Å². The number of methoxy groups -OCH3 is 1. The Morgan fingerprint density at radius 2 is 1.96 bits per heavy atom. The second-order valence-corrected chi connectivity index (χ2v) is 6.20. The van der Waals surface area contributed by atoms with E-state index in [-0.39, 0.29) is 23.1 Å². The summed E-state index contributed by atoms with van der Waals surface area (Å²) >= 11 is 4.87. The molecular formula is C16H17F2N7OS. The number of hydrogen-bond acceptors (Lipinski definition) is 7. The first-order chi connectivity index (χ1) is 13.0. The molecule has 2 aromatic rings. The Hall–Kier alpha value is -3.00. The number of halogens is 2. The van der Waals surface area contributed by atoms with E-state index in [1.165, 1.54) is 23.9 Å². The fourth-order valence-electron chi connectivity index (χ4n) is 2.76. The average molecular weight is 393 g/mol. The average Bonchev–Trinajstić information content (AvgIpc) is 3.15. The molecule has 8 nitrogen and oxygen atoms in total. The van der Waals surface area contributed by atoms with Gasteiger partial charge in [0.05, 0.1) is 25.5 Å². The SMILES string of the molecule is COC(=S)NCc1cn(-c2cc(F)c(N3CCN(C#N)CC3)c(F)c2)nn1. The number of nitriles is 1. The lowest BCUT2D eigenvalue weighted by Crippen LogP contribution is -2.45. The van der Waals surface area contributed by atoms with E-state index in [0.717, 1.165) is 0 Å². The maximum absolute atomic E-state index is 14.6. The molecule has 0 spiro atoms. The number of ether oxygens (including phenoxy) is 1. The van der Waals surface area contributed by atoms with Crippen LogP contribution in [-0.2, 0) is 11.3 Å². The number of piperazine rings is 1. The number of aromatic nitrogens is 3. The minimum absolute atomic E-state index is 0.0937. The molecule has 27 heavy (non-hydrogen) atoms. The zero-order valence-corrected chi connectivity index (χ0v) is 15.3. The highest BCUT2D eigenvalue weighted by Gasteiger charge is 2.23. The topological polar surface area (TPSA) is 82.2 Å². The van der Waals surface area contributed by atoms with E-state index in [1.807, 2.05) is 6.19 Å². The van der Waals surface area contributed by atoms with Crippen molar-refractivity contribution in [3.8, 4) is 11.9 Å². The zero-order chi connectivity index (χ0) is 19.4. The molecule has 142 valence electrons. The molecule has 1 N–H and O–H groups in total. The fourth-order valence-corrected chi connectivity index (χ4v) is 2.83. The van der Waals surface area contributed by atoms with Crippen molar-refractivity contribution in [1.29, 1.82) is 5.26 Å².